The highest BCUT2D eigenvalue weighted by Crippen LogP contribution is 2.21. The van der Waals surface area contributed by atoms with Crippen LogP contribution in [0.1, 0.15) is 80.4 Å². The van der Waals surface area contributed by atoms with Crippen molar-refractivity contribution in [3.63, 3.8) is 0 Å². The van der Waals surface area contributed by atoms with Crippen LogP contribution in [0.2, 0.25) is 0 Å². The van der Waals surface area contributed by atoms with E-state index in [1.807, 2.05) is 6.92 Å². The zero-order chi connectivity index (χ0) is 17.5. The Hall–Kier alpha value is -1.91. The van der Waals surface area contributed by atoms with Gasteiger partial charge in [-0.1, -0.05) is 30.9 Å². The van der Waals surface area contributed by atoms with Crippen molar-refractivity contribution in [1.82, 2.24) is 15.3 Å². The highest BCUT2D eigenvalue weighted by molar-refractivity contribution is 5.92. The molecule has 25 heavy (non-hydrogen) atoms. The molecule has 1 saturated carbocycles. The topological polar surface area (TPSA) is 66.9 Å². The quantitative estimate of drug-likeness (QED) is 0.762. The molecule has 136 valence electrons. The number of carbonyl (C=O) groups excluding carboxylic acids is 1. The molecule has 1 amide bonds. The Morgan fingerprint density at radius 2 is 2.00 bits per heavy atom. The largest absolute Gasteiger partial charge is 0.351 e. The van der Waals surface area contributed by atoms with Gasteiger partial charge in [0.1, 0.15) is 5.69 Å². The fraction of sp³-hybridized carbons (Fsp3) is 0.650. The van der Waals surface area contributed by atoms with Crippen LogP contribution in [0.5, 0.6) is 0 Å². The van der Waals surface area contributed by atoms with Gasteiger partial charge in [0.05, 0.1) is 0 Å². The number of aromatic nitrogens is 2. The average molecular weight is 342 g/mol. The molecule has 1 fully saturated rings. The minimum atomic E-state index is -0.103. The molecule has 0 saturated heterocycles. The van der Waals surface area contributed by atoms with E-state index in [0.717, 1.165) is 25.0 Å². The normalized spacial score (nSPS) is 18.5. The molecule has 1 aromatic heterocycles. The van der Waals surface area contributed by atoms with Crippen molar-refractivity contribution in [3.05, 3.63) is 29.1 Å². The van der Waals surface area contributed by atoms with Gasteiger partial charge in [0, 0.05) is 18.3 Å². The van der Waals surface area contributed by atoms with Crippen molar-refractivity contribution in [2.75, 3.05) is 11.9 Å². The van der Waals surface area contributed by atoms with E-state index in [2.05, 4.69) is 26.7 Å². The van der Waals surface area contributed by atoms with Crippen LogP contribution in [-0.4, -0.2) is 28.5 Å². The van der Waals surface area contributed by atoms with Gasteiger partial charge in [-0.2, -0.15) is 0 Å². The molecule has 0 spiro atoms. The van der Waals surface area contributed by atoms with E-state index < -0.39 is 0 Å². The van der Waals surface area contributed by atoms with Gasteiger partial charge in [-0.15, -0.1) is 0 Å². The molecule has 1 aromatic rings. The van der Waals surface area contributed by atoms with Crippen molar-refractivity contribution in [2.45, 2.75) is 77.2 Å². The van der Waals surface area contributed by atoms with Crippen molar-refractivity contribution in [3.8, 4) is 0 Å². The average Bonchev–Trinajstić information content (AvgIpc) is 2.63. The summed E-state index contributed by atoms with van der Waals surface area (Å²) in [6, 6.07) is 2.20. The van der Waals surface area contributed by atoms with Gasteiger partial charge in [0.25, 0.3) is 5.91 Å². The van der Waals surface area contributed by atoms with Gasteiger partial charge in [0.2, 0.25) is 5.95 Å². The number of allylic oxidation sites excluding steroid dienone is 1. The van der Waals surface area contributed by atoms with Crippen LogP contribution in [0.15, 0.2) is 17.7 Å². The Bertz CT molecular complexity index is 620. The third-order valence-corrected chi connectivity index (χ3v) is 5.14. The maximum absolute atomic E-state index is 12.4. The molecular formula is C20H30N4O. The minimum absolute atomic E-state index is 0.103. The SMILES string of the molecule is Cc1cc(C(=O)NCCC2=CCCCC2)nc(NC2CCCCC2)n1. The molecule has 5 heteroatoms. The van der Waals surface area contributed by atoms with E-state index >= 15 is 0 Å². The third kappa shape index (κ3) is 5.55. The first-order valence-electron chi connectivity index (χ1n) is 9.79. The predicted molar refractivity (Wildman–Crippen MR) is 101 cm³/mol. The molecule has 0 unspecified atom stereocenters. The second kappa shape index (κ2) is 8.97. The van der Waals surface area contributed by atoms with E-state index in [0.29, 0.717) is 24.2 Å². The summed E-state index contributed by atoms with van der Waals surface area (Å²) in [6.45, 7) is 2.59. The lowest BCUT2D eigenvalue weighted by atomic mass is 9.96. The summed E-state index contributed by atoms with van der Waals surface area (Å²) in [5.74, 6) is 0.487. The molecule has 0 aromatic carbocycles. The molecule has 1 heterocycles. The van der Waals surface area contributed by atoms with Gasteiger partial charge < -0.3 is 10.6 Å². The van der Waals surface area contributed by atoms with Gasteiger partial charge in [0.15, 0.2) is 0 Å². The number of nitrogens with zero attached hydrogens (tertiary/aromatic N) is 2. The minimum Gasteiger partial charge on any atom is -0.351 e. The number of hydrogen-bond donors (Lipinski definition) is 2. The van der Waals surface area contributed by atoms with Gasteiger partial charge in [-0.05, 0) is 57.9 Å². The fourth-order valence-electron chi connectivity index (χ4n) is 3.74. The second-order valence-electron chi connectivity index (χ2n) is 7.31. The monoisotopic (exact) mass is 342 g/mol. The highest BCUT2D eigenvalue weighted by Gasteiger charge is 2.16. The molecule has 0 bridgehead atoms. The smallest absolute Gasteiger partial charge is 0.270 e. The molecular weight excluding hydrogens is 312 g/mol. The lowest BCUT2D eigenvalue weighted by Gasteiger charge is -2.23. The molecule has 0 radical (unpaired) electrons. The van der Waals surface area contributed by atoms with Crippen LogP contribution in [-0.2, 0) is 0 Å². The molecule has 2 aliphatic carbocycles. The number of carbonyl (C=O) groups is 1. The summed E-state index contributed by atoms with van der Waals surface area (Å²) in [6.07, 6.45) is 14.4. The first kappa shape index (κ1) is 17.9. The number of anilines is 1. The summed E-state index contributed by atoms with van der Waals surface area (Å²) >= 11 is 0. The van der Waals surface area contributed by atoms with Crippen molar-refractivity contribution < 1.29 is 4.79 Å². The molecule has 2 aliphatic rings. The van der Waals surface area contributed by atoms with Crippen LogP contribution >= 0.6 is 0 Å². The summed E-state index contributed by atoms with van der Waals surface area (Å²) in [4.78, 5) is 21.3. The Kier molecular flexibility index (Phi) is 6.42. The summed E-state index contributed by atoms with van der Waals surface area (Å²) in [7, 11) is 0. The second-order valence-corrected chi connectivity index (χ2v) is 7.31. The zero-order valence-corrected chi connectivity index (χ0v) is 15.3. The van der Waals surface area contributed by atoms with Crippen LogP contribution in [0.4, 0.5) is 5.95 Å². The Morgan fingerprint density at radius 1 is 1.16 bits per heavy atom. The molecule has 0 atom stereocenters. The van der Waals surface area contributed by atoms with Crippen molar-refractivity contribution in [1.29, 1.82) is 0 Å². The van der Waals surface area contributed by atoms with Crippen LogP contribution < -0.4 is 10.6 Å². The van der Waals surface area contributed by atoms with E-state index in [1.165, 1.54) is 50.5 Å². The van der Waals surface area contributed by atoms with E-state index in [4.69, 9.17) is 0 Å². The summed E-state index contributed by atoms with van der Waals surface area (Å²) in [5.41, 5.74) is 2.77. The molecule has 3 rings (SSSR count). The molecule has 2 N–H and O–H groups in total. The van der Waals surface area contributed by atoms with Crippen LogP contribution in [0.25, 0.3) is 0 Å². The van der Waals surface area contributed by atoms with Crippen molar-refractivity contribution in [2.24, 2.45) is 0 Å². The predicted octanol–water partition coefficient (Wildman–Crippen LogP) is 4.15. The number of nitrogens with one attached hydrogen (secondary N) is 2. The maximum Gasteiger partial charge on any atom is 0.270 e. The van der Waals surface area contributed by atoms with Crippen LogP contribution in [0.3, 0.4) is 0 Å². The first-order valence-corrected chi connectivity index (χ1v) is 9.79. The summed E-state index contributed by atoms with van der Waals surface area (Å²) in [5, 5.41) is 6.42. The zero-order valence-electron chi connectivity index (χ0n) is 15.3. The standard InChI is InChI=1S/C20H30N4O/c1-15-14-18(19(25)21-13-12-16-8-4-2-5-9-16)24-20(22-15)23-17-10-6-3-7-11-17/h8,14,17H,2-7,9-13H2,1H3,(H,21,25)(H,22,23,24). The highest BCUT2D eigenvalue weighted by atomic mass is 16.1. The Labute approximate surface area is 150 Å². The number of aryl methyl sites for hydroxylation is 1. The Balaban J connectivity index is 1.54. The van der Waals surface area contributed by atoms with Gasteiger partial charge >= 0.3 is 0 Å². The lowest BCUT2D eigenvalue weighted by molar-refractivity contribution is 0.0949. The maximum atomic E-state index is 12.4. The van der Waals surface area contributed by atoms with Crippen molar-refractivity contribution >= 4 is 11.9 Å². The third-order valence-electron chi connectivity index (χ3n) is 5.14. The fourth-order valence-corrected chi connectivity index (χ4v) is 3.74. The van der Waals surface area contributed by atoms with E-state index in [-0.39, 0.29) is 5.91 Å². The number of rotatable bonds is 6. The van der Waals surface area contributed by atoms with Gasteiger partial charge in [-0.25, -0.2) is 9.97 Å². The van der Waals surface area contributed by atoms with E-state index in [9.17, 15) is 4.79 Å². The summed E-state index contributed by atoms with van der Waals surface area (Å²) < 4.78 is 0. The number of hydrogen-bond acceptors (Lipinski definition) is 4. The number of amides is 1. The van der Waals surface area contributed by atoms with Crippen LogP contribution in [0, 0.1) is 6.92 Å². The van der Waals surface area contributed by atoms with E-state index in [1.54, 1.807) is 6.07 Å². The molecule has 0 aliphatic heterocycles. The van der Waals surface area contributed by atoms with Gasteiger partial charge in [-0.3, -0.25) is 4.79 Å². The lowest BCUT2D eigenvalue weighted by Crippen LogP contribution is -2.28. The molecule has 5 nitrogen and oxygen atoms in total. The Morgan fingerprint density at radius 3 is 2.76 bits per heavy atom. The first-order chi connectivity index (χ1) is 12.2.